The molecule has 1 amide bonds. The van der Waals surface area contributed by atoms with Crippen molar-refractivity contribution in [3.8, 4) is 0 Å². The van der Waals surface area contributed by atoms with Crippen LogP contribution in [0.2, 0.25) is 0 Å². The van der Waals surface area contributed by atoms with Gasteiger partial charge < -0.3 is 4.90 Å². The van der Waals surface area contributed by atoms with Crippen LogP contribution in [0.25, 0.3) is 0 Å². The second-order valence-corrected chi connectivity index (χ2v) is 7.14. The monoisotopic (exact) mass is 336 g/mol. The lowest BCUT2D eigenvalue weighted by molar-refractivity contribution is 0.0992. The molecule has 2 aromatic rings. The predicted molar refractivity (Wildman–Crippen MR) is 88.8 cm³/mol. The van der Waals surface area contributed by atoms with Gasteiger partial charge in [0.15, 0.2) is 0 Å². The van der Waals surface area contributed by atoms with E-state index in [-0.39, 0.29) is 11.5 Å². The van der Waals surface area contributed by atoms with Gasteiger partial charge in [-0.2, -0.15) is 0 Å². The topological polar surface area (TPSA) is 57.7 Å². The van der Waals surface area contributed by atoms with Crippen molar-refractivity contribution in [1.29, 1.82) is 0 Å². The summed E-state index contributed by atoms with van der Waals surface area (Å²) in [5.41, 5.74) is 1.30. The van der Waals surface area contributed by atoms with Gasteiger partial charge in [-0.3, -0.25) is 9.10 Å². The number of benzene rings is 2. The Morgan fingerprint density at radius 3 is 2.09 bits per heavy atom. The van der Waals surface area contributed by atoms with Crippen molar-refractivity contribution in [3.05, 3.63) is 59.9 Å². The van der Waals surface area contributed by atoms with Crippen molar-refractivity contribution in [1.82, 2.24) is 0 Å². The van der Waals surface area contributed by atoms with Gasteiger partial charge in [-0.25, -0.2) is 12.8 Å². The average Bonchev–Trinajstić information content (AvgIpc) is 2.52. The summed E-state index contributed by atoms with van der Waals surface area (Å²) in [6.07, 6.45) is 1.11. The molecule has 0 aliphatic heterocycles. The molecule has 0 heterocycles. The molecule has 0 saturated heterocycles. The third-order valence-electron chi connectivity index (χ3n) is 3.47. The number of carbonyl (C=O) groups excluding carboxylic acids is 1. The molecule has 122 valence electrons. The third-order valence-corrected chi connectivity index (χ3v) is 4.68. The number of rotatable bonds is 4. The van der Waals surface area contributed by atoms with Gasteiger partial charge in [0.2, 0.25) is 10.0 Å². The van der Waals surface area contributed by atoms with Crippen molar-refractivity contribution in [2.45, 2.75) is 0 Å². The van der Waals surface area contributed by atoms with Crippen LogP contribution in [0.3, 0.4) is 0 Å². The maximum absolute atomic E-state index is 13.2. The molecule has 0 fully saturated rings. The zero-order valence-corrected chi connectivity index (χ0v) is 13.8. The van der Waals surface area contributed by atoms with Gasteiger partial charge in [0.05, 0.1) is 11.9 Å². The van der Waals surface area contributed by atoms with Gasteiger partial charge in [0.1, 0.15) is 5.82 Å². The molecule has 2 rings (SSSR count). The molecule has 7 heteroatoms. The molecule has 0 N–H and O–H groups in total. The Bertz CT molecular complexity index is 819. The van der Waals surface area contributed by atoms with Gasteiger partial charge in [-0.1, -0.05) is 6.07 Å². The summed E-state index contributed by atoms with van der Waals surface area (Å²) >= 11 is 0. The van der Waals surface area contributed by atoms with Crippen molar-refractivity contribution >= 4 is 27.3 Å². The van der Waals surface area contributed by atoms with Crippen LogP contribution in [-0.2, 0) is 10.0 Å². The van der Waals surface area contributed by atoms with E-state index in [1.165, 1.54) is 36.2 Å². The smallest absolute Gasteiger partial charge is 0.258 e. The molecule has 0 spiro atoms. The fourth-order valence-corrected chi connectivity index (χ4v) is 2.51. The second-order valence-electron chi connectivity index (χ2n) is 5.12. The summed E-state index contributed by atoms with van der Waals surface area (Å²) in [5.74, 6) is -0.830. The van der Waals surface area contributed by atoms with Crippen LogP contribution in [0.15, 0.2) is 48.5 Å². The number of carbonyl (C=O) groups is 1. The molecule has 0 aliphatic carbocycles. The molecule has 0 bridgehead atoms. The van der Waals surface area contributed by atoms with E-state index in [0.29, 0.717) is 11.4 Å². The molecule has 0 aliphatic rings. The second kappa shape index (κ2) is 6.37. The molecule has 0 unspecified atom stereocenters. The van der Waals surface area contributed by atoms with E-state index in [9.17, 15) is 17.6 Å². The fourth-order valence-electron chi connectivity index (χ4n) is 2.01. The van der Waals surface area contributed by atoms with E-state index in [1.54, 1.807) is 31.3 Å². The Morgan fingerprint density at radius 2 is 1.57 bits per heavy atom. The van der Waals surface area contributed by atoms with E-state index in [4.69, 9.17) is 0 Å². The fraction of sp³-hybridized carbons (Fsp3) is 0.188. The van der Waals surface area contributed by atoms with E-state index in [1.807, 2.05) is 0 Å². The molecular weight excluding hydrogens is 319 g/mol. The lowest BCUT2D eigenvalue weighted by Gasteiger charge is -2.20. The number of amides is 1. The summed E-state index contributed by atoms with van der Waals surface area (Å²) in [4.78, 5) is 13.7. The van der Waals surface area contributed by atoms with E-state index in [2.05, 4.69) is 0 Å². The maximum Gasteiger partial charge on any atom is 0.258 e. The van der Waals surface area contributed by atoms with Gasteiger partial charge in [-0.05, 0) is 42.5 Å². The molecular formula is C16H17FN2O3S. The predicted octanol–water partition coefficient (Wildman–Crippen LogP) is 2.50. The molecule has 0 aromatic heterocycles. The van der Waals surface area contributed by atoms with Crippen LogP contribution >= 0.6 is 0 Å². The molecule has 0 radical (unpaired) electrons. The highest BCUT2D eigenvalue weighted by Crippen LogP contribution is 2.22. The first-order valence-corrected chi connectivity index (χ1v) is 8.62. The van der Waals surface area contributed by atoms with Crippen LogP contribution in [0.5, 0.6) is 0 Å². The Kier molecular flexibility index (Phi) is 4.70. The minimum absolute atomic E-state index is 0.241. The number of hydrogen-bond acceptors (Lipinski definition) is 3. The standard InChI is InChI=1S/C16H17FN2O3S/c1-18(16(20)12-5-4-6-13(17)11-12)14-7-9-15(10-8-14)19(2)23(3,21)22/h4-11H,1-3H3. The van der Waals surface area contributed by atoms with Gasteiger partial charge in [-0.15, -0.1) is 0 Å². The summed E-state index contributed by atoms with van der Waals surface area (Å²) in [7, 11) is -0.320. The van der Waals surface area contributed by atoms with Crippen molar-refractivity contribution in [3.63, 3.8) is 0 Å². The van der Waals surface area contributed by atoms with Crippen LogP contribution in [-0.4, -0.2) is 34.7 Å². The Hall–Kier alpha value is -2.41. The Labute approximate surface area is 135 Å². The first-order chi connectivity index (χ1) is 10.7. The van der Waals surface area contributed by atoms with Crippen molar-refractivity contribution < 1.29 is 17.6 Å². The van der Waals surface area contributed by atoms with Crippen molar-refractivity contribution in [2.24, 2.45) is 0 Å². The highest BCUT2D eigenvalue weighted by atomic mass is 32.2. The average molecular weight is 336 g/mol. The summed E-state index contributed by atoms with van der Waals surface area (Å²) in [6, 6.07) is 11.9. The number of hydrogen-bond donors (Lipinski definition) is 0. The molecule has 23 heavy (non-hydrogen) atoms. The van der Waals surface area contributed by atoms with Crippen molar-refractivity contribution in [2.75, 3.05) is 29.6 Å². The third kappa shape index (κ3) is 3.87. The van der Waals surface area contributed by atoms with Gasteiger partial charge in [0.25, 0.3) is 5.91 Å². The number of anilines is 2. The normalized spacial score (nSPS) is 11.1. The summed E-state index contributed by atoms with van der Waals surface area (Å²) in [6.45, 7) is 0. The number of nitrogens with zero attached hydrogens (tertiary/aromatic N) is 2. The Morgan fingerprint density at radius 1 is 1.00 bits per heavy atom. The largest absolute Gasteiger partial charge is 0.311 e. The van der Waals surface area contributed by atoms with Gasteiger partial charge in [0, 0.05) is 25.3 Å². The molecule has 0 saturated carbocycles. The quantitative estimate of drug-likeness (QED) is 0.862. The number of sulfonamides is 1. The zero-order valence-electron chi connectivity index (χ0n) is 13.0. The lowest BCUT2D eigenvalue weighted by Crippen LogP contribution is -2.27. The lowest BCUT2D eigenvalue weighted by atomic mass is 10.2. The SMILES string of the molecule is CN(C(=O)c1cccc(F)c1)c1ccc(N(C)S(C)(=O)=O)cc1. The van der Waals surface area contributed by atoms with Crippen LogP contribution < -0.4 is 9.21 Å². The van der Waals surface area contributed by atoms with E-state index < -0.39 is 15.8 Å². The summed E-state index contributed by atoms with van der Waals surface area (Å²) in [5, 5.41) is 0. The number of halogens is 1. The van der Waals surface area contributed by atoms with Gasteiger partial charge >= 0.3 is 0 Å². The van der Waals surface area contributed by atoms with E-state index in [0.717, 1.165) is 10.6 Å². The highest BCUT2D eigenvalue weighted by Gasteiger charge is 2.16. The minimum atomic E-state index is -3.34. The van der Waals surface area contributed by atoms with Crippen LogP contribution in [0, 0.1) is 5.82 Å². The maximum atomic E-state index is 13.2. The zero-order chi connectivity index (χ0) is 17.2. The summed E-state index contributed by atoms with van der Waals surface area (Å²) < 4.78 is 37.4. The Balaban J connectivity index is 2.24. The van der Waals surface area contributed by atoms with Crippen LogP contribution in [0.4, 0.5) is 15.8 Å². The first kappa shape index (κ1) is 17.0. The highest BCUT2D eigenvalue weighted by molar-refractivity contribution is 7.92. The van der Waals surface area contributed by atoms with E-state index >= 15 is 0 Å². The molecule has 5 nitrogen and oxygen atoms in total. The minimum Gasteiger partial charge on any atom is -0.311 e. The molecule has 0 atom stereocenters. The first-order valence-electron chi connectivity index (χ1n) is 6.78. The molecule has 2 aromatic carbocycles. The van der Waals surface area contributed by atoms with Crippen LogP contribution in [0.1, 0.15) is 10.4 Å².